The molecule has 1 fully saturated rings. The van der Waals surface area contributed by atoms with Crippen molar-refractivity contribution in [1.29, 1.82) is 0 Å². The van der Waals surface area contributed by atoms with Gasteiger partial charge in [0.15, 0.2) is 0 Å². The van der Waals surface area contributed by atoms with Crippen LogP contribution in [0.4, 0.5) is 11.4 Å². The average molecular weight is 291 g/mol. The normalized spacial score (nSPS) is 24.6. The van der Waals surface area contributed by atoms with E-state index >= 15 is 0 Å². The molecule has 1 heterocycles. The van der Waals surface area contributed by atoms with Crippen LogP contribution < -0.4 is 11.1 Å². The largest absolute Gasteiger partial charge is 0.398 e. The van der Waals surface area contributed by atoms with Crippen LogP contribution in [-0.2, 0) is 9.53 Å². The molecule has 0 bridgehead atoms. The van der Waals surface area contributed by atoms with Crippen LogP contribution in [-0.4, -0.2) is 42.1 Å². The molecule has 1 saturated heterocycles. The van der Waals surface area contributed by atoms with Gasteiger partial charge < -0.3 is 15.8 Å². The number of nitrogen functional groups attached to an aromatic ring is 1. The van der Waals surface area contributed by atoms with Crippen molar-refractivity contribution in [2.75, 3.05) is 24.1 Å². The minimum atomic E-state index is -0.195. The molecule has 5 nitrogen and oxygen atoms in total. The lowest BCUT2D eigenvalue weighted by atomic mass is 10.1. The van der Waals surface area contributed by atoms with E-state index in [0.717, 1.165) is 24.3 Å². The third kappa shape index (κ3) is 3.74. The molecule has 1 aliphatic rings. The second-order valence-corrected chi connectivity index (χ2v) is 5.90. The highest BCUT2D eigenvalue weighted by Crippen LogP contribution is 2.21. The summed E-state index contributed by atoms with van der Waals surface area (Å²) < 4.78 is 5.71. The van der Waals surface area contributed by atoms with Crippen molar-refractivity contribution in [2.45, 2.75) is 45.9 Å². The Labute approximate surface area is 126 Å². The number of ether oxygens (including phenoxy) is 1. The first kappa shape index (κ1) is 15.8. The van der Waals surface area contributed by atoms with E-state index in [4.69, 9.17) is 10.5 Å². The molecule has 2 rings (SSSR count). The Kier molecular flexibility index (Phi) is 4.85. The highest BCUT2D eigenvalue weighted by atomic mass is 16.5. The quantitative estimate of drug-likeness (QED) is 0.836. The average Bonchev–Trinajstić information content (AvgIpc) is 2.42. The number of rotatable bonds is 3. The van der Waals surface area contributed by atoms with E-state index in [9.17, 15) is 4.79 Å². The zero-order valence-electron chi connectivity index (χ0n) is 13.2. The van der Waals surface area contributed by atoms with Crippen LogP contribution in [0, 0.1) is 6.92 Å². The van der Waals surface area contributed by atoms with Gasteiger partial charge in [-0.05, 0) is 45.4 Å². The zero-order valence-corrected chi connectivity index (χ0v) is 13.2. The van der Waals surface area contributed by atoms with Crippen molar-refractivity contribution >= 4 is 17.3 Å². The van der Waals surface area contributed by atoms with Crippen LogP contribution in [0.5, 0.6) is 0 Å². The first-order valence-electron chi connectivity index (χ1n) is 7.44. The molecule has 1 amide bonds. The van der Waals surface area contributed by atoms with E-state index in [2.05, 4.69) is 10.2 Å². The Morgan fingerprint density at radius 1 is 1.38 bits per heavy atom. The van der Waals surface area contributed by atoms with E-state index in [1.54, 1.807) is 0 Å². The molecule has 0 saturated carbocycles. The van der Waals surface area contributed by atoms with Gasteiger partial charge in [0.05, 0.1) is 18.2 Å². The summed E-state index contributed by atoms with van der Waals surface area (Å²) in [4.78, 5) is 14.6. The third-order valence-corrected chi connectivity index (χ3v) is 4.01. The summed E-state index contributed by atoms with van der Waals surface area (Å²) in [6.07, 6.45) is 0.302. The van der Waals surface area contributed by atoms with Gasteiger partial charge in [0.25, 0.3) is 0 Å². The van der Waals surface area contributed by atoms with E-state index in [1.807, 2.05) is 45.9 Å². The van der Waals surface area contributed by atoms with Crippen molar-refractivity contribution in [3.8, 4) is 0 Å². The second kappa shape index (κ2) is 6.45. The molecule has 3 atom stereocenters. The van der Waals surface area contributed by atoms with E-state index in [1.165, 1.54) is 0 Å². The monoisotopic (exact) mass is 291 g/mol. The predicted octanol–water partition coefficient (Wildman–Crippen LogP) is 2.01. The first-order chi connectivity index (χ1) is 9.88. The molecule has 1 aromatic rings. The van der Waals surface area contributed by atoms with Crippen LogP contribution in [0.3, 0.4) is 0 Å². The second-order valence-electron chi connectivity index (χ2n) is 5.90. The number of amides is 1. The standard InChI is InChI=1S/C16H25N3O2/c1-10-8-19(9-11(2)21-10)13(4)16(20)18-15-7-5-6-14(17)12(15)3/h5-7,10-11,13H,8-9,17H2,1-4H3,(H,18,20)/t10-,11+,13?. The van der Waals surface area contributed by atoms with Crippen LogP contribution in [0.25, 0.3) is 0 Å². The van der Waals surface area contributed by atoms with Gasteiger partial charge in [0.2, 0.25) is 5.91 Å². The lowest BCUT2D eigenvalue weighted by Crippen LogP contribution is -2.52. The van der Waals surface area contributed by atoms with Crippen LogP contribution in [0.1, 0.15) is 26.3 Å². The zero-order chi connectivity index (χ0) is 15.6. The lowest BCUT2D eigenvalue weighted by Gasteiger charge is -2.38. The fourth-order valence-corrected chi connectivity index (χ4v) is 2.73. The first-order valence-corrected chi connectivity index (χ1v) is 7.44. The number of hydrogen-bond acceptors (Lipinski definition) is 4. The summed E-state index contributed by atoms with van der Waals surface area (Å²) in [5.74, 6) is -0.00926. The highest BCUT2D eigenvalue weighted by Gasteiger charge is 2.29. The Hall–Kier alpha value is -1.59. The van der Waals surface area contributed by atoms with Crippen LogP contribution in [0.15, 0.2) is 18.2 Å². The van der Waals surface area contributed by atoms with Crippen molar-refractivity contribution in [2.24, 2.45) is 0 Å². The maximum absolute atomic E-state index is 12.5. The summed E-state index contributed by atoms with van der Waals surface area (Å²) in [6, 6.07) is 5.36. The van der Waals surface area contributed by atoms with Gasteiger partial charge in [-0.15, -0.1) is 0 Å². The van der Waals surface area contributed by atoms with Crippen molar-refractivity contribution in [3.05, 3.63) is 23.8 Å². The summed E-state index contributed by atoms with van der Waals surface area (Å²) >= 11 is 0. The maximum atomic E-state index is 12.5. The van der Waals surface area contributed by atoms with E-state index in [-0.39, 0.29) is 24.2 Å². The molecule has 21 heavy (non-hydrogen) atoms. The Bertz CT molecular complexity index is 508. The van der Waals surface area contributed by atoms with Gasteiger partial charge in [-0.1, -0.05) is 6.07 Å². The number of nitrogens with zero attached hydrogens (tertiary/aromatic N) is 1. The highest BCUT2D eigenvalue weighted by molar-refractivity contribution is 5.95. The van der Waals surface area contributed by atoms with Gasteiger partial charge in [-0.25, -0.2) is 0 Å². The number of morpholine rings is 1. The number of nitrogens with one attached hydrogen (secondary N) is 1. The number of carbonyl (C=O) groups is 1. The molecule has 1 unspecified atom stereocenters. The number of benzene rings is 1. The molecular formula is C16H25N3O2. The fraction of sp³-hybridized carbons (Fsp3) is 0.562. The molecular weight excluding hydrogens is 266 g/mol. The van der Waals surface area contributed by atoms with Gasteiger partial charge in [0, 0.05) is 24.5 Å². The SMILES string of the molecule is Cc1c(N)cccc1NC(=O)C(C)N1C[C@@H](C)O[C@@H](C)C1. The predicted molar refractivity (Wildman–Crippen MR) is 85.3 cm³/mol. The Balaban J connectivity index is 2.04. The molecule has 0 aliphatic carbocycles. The molecule has 5 heteroatoms. The number of carbonyl (C=O) groups excluding carboxylic acids is 1. The lowest BCUT2D eigenvalue weighted by molar-refractivity contribution is -0.126. The summed E-state index contributed by atoms with van der Waals surface area (Å²) in [6.45, 7) is 9.46. The molecule has 0 aromatic heterocycles. The third-order valence-electron chi connectivity index (χ3n) is 4.01. The fourth-order valence-electron chi connectivity index (χ4n) is 2.73. The van der Waals surface area contributed by atoms with Crippen molar-refractivity contribution < 1.29 is 9.53 Å². The maximum Gasteiger partial charge on any atom is 0.241 e. The van der Waals surface area contributed by atoms with Crippen LogP contribution in [0.2, 0.25) is 0 Å². The molecule has 1 aliphatic heterocycles. The summed E-state index contributed by atoms with van der Waals surface area (Å²) in [5, 5.41) is 2.98. The Morgan fingerprint density at radius 2 is 2.00 bits per heavy atom. The summed E-state index contributed by atoms with van der Waals surface area (Å²) in [7, 11) is 0. The minimum absolute atomic E-state index is 0.00926. The van der Waals surface area contributed by atoms with E-state index < -0.39 is 0 Å². The summed E-state index contributed by atoms with van der Waals surface area (Å²) in [5.41, 5.74) is 8.25. The van der Waals surface area contributed by atoms with Crippen molar-refractivity contribution in [3.63, 3.8) is 0 Å². The molecule has 0 radical (unpaired) electrons. The molecule has 0 spiro atoms. The molecule has 3 N–H and O–H groups in total. The van der Waals surface area contributed by atoms with Gasteiger partial charge in [-0.2, -0.15) is 0 Å². The topological polar surface area (TPSA) is 67.6 Å². The molecule has 116 valence electrons. The Morgan fingerprint density at radius 3 is 2.62 bits per heavy atom. The number of hydrogen-bond donors (Lipinski definition) is 2. The van der Waals surface area contributed by atoms with Gasteiger partial charge >= 0.3 is 0 Å². The van der Waals surface area contributed by atoms with Gasteiger partial charge in [-0.3, -0.25) is 9.69 Å². The van der Waals surface area contributed by atoms with Gasteiger partial charge in [0.1, 0.15) is 0 Å². The van der Waals surface area contributed by atoms with Crippen molar-refractivity contribution in [1.82, 2.24) is 4.90 Å². The molecule has 1 aromatic carbocycles. The number of nitrogens with two attached hydrogens (primary N) is 1. The number of anilines is 2. The van der Waals surface area contributed by atoms with Crippen LogP contribution >= 0.6 is 0 Å². The smallest absolute Gasteiger partial charge is 0.241 e. The van der Waals surface area contributed by atoms with E-state index in [0.29, 0.717) is 5.69 Å². The minimum Gasteiger partial charge on any atom is -0.398 e.